The number of alkyl halides is 2. The number of hydrogen-bond donors (Lipinski definition) is 2. The Bertz CT molecular complexity index is 1900. The van der Waals surface area contributed by atoms with Crippen LogP contribution in [0.2, 0.25) is 5.02 Å². The van der Waals surface area contributed by atoms with E-state index in [9.17, 15) is 18.4 Å². The van der Waals surface area contributed by atoms with Crippen LogP contribution in [0.5, 0.6) is 0 Å². The molecular formula is C28H26ClF4N9S. The van der Waals surface area contributed by atoms with Gasteiger partial charge < -0.3 is 16.0 Å². The van der Waals surface area contributed by atoms with Crippen LogP contribution in [0, 0.1) is 17.1 Å². The van der Waals surface area contributed by atoms with Crippen molar-refractivity contribution in [1.82, 2.24) is 30.0 Å². The van der Waals surface area contributed by atoms with Crippen LogP contribution >= 0.6 is 22.9 Å². The number of fused-ring (bicyclic) bond motifs is 1. The third-order valence-corrected chi connectivity index (χ3v) is 8.58. The van der Waals surface area contributed by atoms with E-state index in [0.29, 0.717) is 61.3 Å². The van der Waals surface area contributed by atoms with Gasteiger partial charge in [-0.05, 0) is 24.5 Å². The Hall–Kier alpha value is -4.22. The van der Waals surface area contributed by atoms with Crippen LogP contribution in [0.3, 0.4) is 0 Å². The number of halogens is 5. The highest BCUT2D eigenvalue weighted by molar-refractivity contribution is 7.14. The van der Waals surface area contributed by atoms with Gasteiger partial charge in [0.1, 0.15) is 46.7 Å². The van der Waals surface area contributed by atoms with Crippen molar-refractivity contribution < 1.29 is 17.6 Å². The lowest BCUT2D eigenvalue weighted by Crippen LogP contribution is -2.33. The third-order valence-electron chi connectivity index (χ3n) is 7.19. The van der Waals surface area contributed by atoms with Gasteiger partial charge in [0, 0.05) is 36.3 Å². The van der Waals surface area contributed by atoms with Crippen LogP contribution in [0.4, 0.5) is 28.4 Å². The number of benzene rings is 1. The minimum absolute atomic E-state index is 0.0246. The minimum Gasteiger partial charge on any atom is -0.389 e. The van der Waals surface area contributed by atoms with Crippen LogP contribution in [-0.4, -0.2) is 43.9 Å². The first-order valence-electron chi connectivity index (χ1n) is 13.3. The fraction of sp³-hybridized carbons (Fsp3) is 0.321. The summed E-state index contributed by atoms with van der Waals surface area (Å²) in [5, 5.41) is 17.4. The summed E-state index contributed by atoms with van der Waals surface area (Å²) in [7, 11) is 0. The van der Waals surface area contributed by atoms with E-state index in [1.54, 1.807) is 0 Å². The first-order chi connectivity index (χ1) is 20.6. The molecule has 0 amide bonds. The van der Waals surface area contributed by atoms with E-state index in [0.717, 1.165) is 16.0 Å². The van der Waals surface area contributed by atoms with E-state index < -0.39 is 18.1 Å². The predicted molar refractivity (Wildman–Crippen MR) is 159 cm³/mol. The average molecular weight is 632 g/mol. The minimum atomic E-state index is -2.80. The summed E-state index contributed by atoms with van der Waals surface area (Å²) in [6, 6.07) is 1.81. The second kappa shape index (κ2) is 12.2. The number of nitrogen functional groups attached to an aromatic ring is 1. The molecule has 3 aromatic heterocycles. The molecule has 43 heavy (non-hydrogen) atoms. The van der Waals surface area contributed by atoms with Crippen molar-refractivity contribution in [3.05, 3.63) is 61.8 Å². The van der Waals surface area contributed by atoms with Crippen molar-refractivity contribution in [3.8, 4) is 6.07 Å². The molecule has 0 spiro atoms. The number of hydrogen-bond acceptors (Lipinski definition) is 9. The molecule has 1 aliphatic heterocycles. The van der Waals surface area contributed by atoms with Gasteiger partial charge in [-0.1, -0.05) is 32.0 Å². The Kier molecular flexibility index (Phi) is 8.57. The number of rotatable bonds is 8. The fourth-order valence-electron chi connectivity index (χ4n) is 5.12. The number of nitrogens with one attached hydrogen (secondary N) is 1. The molecule has 1 saturated heterocycles. The SMILES string of the molecule is C=C(NC1CCN(c2nc(CC)nc3c(F)c(/C=c4\c(C#N)c(N)s\c4=C/F)c(Cl)c(CC)c23)C1)n1cnc(C(F)F)n1. The number of nitrogens with two attached hydrogens (primary N) is 1. The first kappa shape index (κ1) is 30.2. The second-order valence-corrected chi connectivity index (χ2v) is 11.2. The topological polar surface area (TPSA) is 122 Å². The molecule has 1 aliphatic rings. The normalized spacial score (nSPS) is 16.1. The Morgan fingerprint density at radius 1 is 1.35 bits per heavy atom. The molecule has 0 radical (unpaired) electrons. The molecule has 224 valence electrons. The second-order valence-electron chi connectivity index (χ2n) is 9.77. The smallest absolute Gasteiger partial charge is 0.299 e. The molecule has 1 aromatic carbocycles. The summed E-state index contributed by atoms with van der Waals surface area (Å²) >= 11 is 7.71. The Balaban J connectivity index is 1.58. The number of anilines is 2. The highest BCUT2D eigenvalue weighted by Crippen LogP contribution is 2.38. The zero-order chi connectivity index (χ0) is 31.0. The lowest BCUT2D eigenvalue weighted by Gasteiger charge is -2.23. The van der Waals surface area contributed by atoms with Crippen molar-refractivity contribution in [1.29, 1.82) is 5.26 Å². The summed E-state index contributed by atoms with van der Waals surface area (Å²) in [4.78, 5) is 14.9. The van der Waals surface area contributed by atoms with Gasteiger partial charge >= 0.3 is 0 Å². The predicted octanol–water partition coefficient (Wildman–Crippen LogP) is 4.42. The highest BCUT2D eigenvalue weighted by Gasteiger charge is 2.29. The summed E-state index contributed by atoms with van der Waals surface area (Å²) in [6.07, 6.45) is 1.51. The molecule has 9 nitrogen and oxygen atoms in total. The Morgan fingerprint density at radius 3 is 2.74 bits per heavy atom. The van der Waals surface area contributed by atoms with E-state index >= 15 is 4.39 Å². The van der Waals surface area contributed by atoms with E-state index in [-0.39, 0.29) is 48.3 Å². The number of thiophene rings is 1. The standard InChI is InChI=1S/C28H26ClF4N9S/c1-4-15-21-24(23(31)17(22(15)29)8-16-18(10-34)26(35)43-19(16)9-30)38-20(5-2)39-28(21)41-7-6-14(11-41)37-13(3)42-12-36-27(40-42)25(32)33/h8-9,12,14,25,37H,3-7,11,35H2,1-2H3/b16-8+,19-9-. The van der Waals surface area contributed by atoms with Crippen LogP contribution in [0.1, 0.15) is 55.0 Å². The largest absolute Gasteiger partial charge is 0.389 e. The summed E-state index contributed by atoms with van der Waals surface area (Å²) in [6.45, 7) is 8.61. The molecule has 15 heteroatoms. The van der Waals surface area contributed by atoms with Crippen LogP contribution in [0.15, 0.2) is 12.9 Å². The number of nitriles is 1. The van der Waals surface area contributed by atoms with E-state index in [2.05, 4.69) is 27.0 Å². The quantitative estimate of drug-likeness (QED) is 0.274. The van der Waals surface area contributed by atoms with Gasteiger partial charge in [0.15, 0.2) is 5.82 Å². The van der Waals surface area contributed by atoms with Crippen LogP contribution < -0.4 is 25.7 Å². The van der Waals surface area contributed by atoms with Gasteiger partial charge in [-0.25, -0.2) is 37.2 Å². The molecule has 3 N–H and O–H groups in total. The zero-order valence-corrected chi connectivity index (χ0v) is 24.7. The van der Waals surface area contributed by atoms with Gasteiger partial charge in [-0.15, -0.1) is 16.4 Å². The highest BCUT2D eigenvalue weighted by atomic mass is 35.5. The van der Waals surface area contributed by atoms with E-state index in [1.807, 2.05) is 24.8 Å². The summed E-state index contributed by atoms with van der Waals surface area (Å²) < 4.78 is 57.1. The molecule has 4 aromatic rings. The van der Waals surface area contributed by atoms with Gasteiger partial charge in [-0.3, -0.25) is 0 Å². The monoisotopic (exact) mass is 631 g/mol. The molecule has 0 saturated carbocycles. The summed E-state index contributed by atoms with van der Waals surface area (Å²) in [5.41, 5.74) is 6.57. The number of aryl methyl sites for hydroxylation is 2. The van der Waals surface area contributed by atoms with Crippen molar-refractivity contribution >= 4 is 62.9 Å². The maximum absolute atomic E-state index is 16.4. The molecule has 4 heterocycles. The van der Waals surface area contributed by atoms with Gasteiger partial charge in [-0.2, -0.15) is 5.26 Å². The third kappa shape index (κ3) is 5.50. The van der Waals surface area contributed by atoms with E-state index in [4.69, 9.17) is 22.3 Å². The van der Waals surface area contributed by atoms with Crippen molar-refractivity contribution in [3.63, 3.8) is 0 Å². The lowest BCUT2D eigenvalue weighted by atomic mass is 9.99. The fourth-order valence-corrected chi connectivity index (χ4v) is 6.29. The maximum atomic E-state index is 16.4. The van der Waals surface area contributed by atoms with Gasteiger partial charge in [0.05, 0.1) is 20.5 Å². The van der Waals surface area contributed by atoms with Crippen molar-refractivity contribution in [2.24, 2.45) is 0 Å². The molecule has 0 aliphatic carbocycles. The molecule has 1 fully saturated rings. The molecule has 1 unspecified atom stereocenters. The van der Waals surface area contributed by atoms with Gasteiger partial charge in [0.25, 0.3) is 6.43 Å². The Labute approximate surface area is 252 Å². The number of nitrogens with zero attached hydrogens (tertiary/aromatic N) is 7. The van der Waals surface area contributed by atoms with Gasteiger partial charge in [0.2, 0.25) is 5.82 Å². The average Bonchev–Trinajstić information content (AvgIpc) is 3.74. The Morgan fingerprint density at radius 2 is 2.12 bits per heavy atom. The van der Waals surface area contributed by atoms with E-state index in [1.165, 1.54) is 12.4 Å². The summed E-state index contributed by atoms with van der Waals surface area (Å²) in [5.74, 6) is -0.111. The lowest BCUT2D eigenvalue weighted by molar-refractivity contribution is 0.140. The maximum Gasteiger partial charge on any atom is 0.299 e. The van der Waals surface area contributed by atoms with Crippen molar-refractivity contribution in [2.75, 3.05) is 23.7 Å². The zero-order valence-electron chi connectivity index (χ0n) is 23.1. The number of aromatic nitrogens is 5. The molecule has 1 atom stereocenters. The molecular weight excluding hydrogens is 606 g/mol. The van der Waals surface area contributed by atoms with Crippen molar-refractivity contribution in [2.45, 2.75) is 45.6 Å². The molecule has 0 bridgehead atoms. The van der Waals surface area contributed by atoms with Crippen LogP contribution in [0.25, 0.3) is 29.1 Å². The molecule has 5 rings (SSSR count). The van der Waals surface area contributed by atoms with Crippen LogP contribution in [-0.2, 0) is 12.8 Å². The first-order valence-corrected chi connectivity index (χ1v) is 14.5.